The van der Waals surface area contributed by atoms with Gasteiger partial charge in [-0.15, -0.1) is 0 Å². The molecule has 3 aromatic rings. The van der Waals surface area contributed by atoms with E-state index in [1.807, 2.05) is 36.4 Å². The summed E-state index contributed by atoms with van der Waals surface area (Å²) in [5.41, 5.74) is 0.896. The van der Waals surface area contributed by atoms with E-state index < -0.39 is 11.7 Å². The highest BCUT2D eigenvalue weighted by Gasteiger charge is 2.34. The normalized spacial score (nSPS) is 11.8. The number of fused-ring (bicyclic) bond motifs is 1. The van der Waals surface area contributed by atoms with Crippen molar-refractivity contribution in [2.75, 3.05) is 0 Å². The zero-order valence-corrected chi connectivity index (χ0v) is 11.4. The fourth-order valence-electron chi connectivity index (χ4n) is 2.63. The second-order valence-corrected chi connectivity index (χ2v) is 5.06. The van der Waals surface area contributed by atoms with Crippen LogP contribution in [0.5, 0.6) is 0 Å². The van der Waals surface area contributed by atoms with E-state index in [1.54, 1.807) is 19.1 Å². The third kappa shape index (κ3) is 2.51. The molecule has 0 nitrogen and oxygen atoms in total. The van der Waals surface area contributed by atoms with E-state index in [-0.39, 0.29) is 5.56 Å². The minimum absolute atomic E-state index is 0.260. The van der Waals surface area contributed by atoms with E-state index in [0.717, 1.165) is 16.8 Å². The van der Waals surface area contributed by atoms with Crippen molar-refractivity contribution < 1.29 is 13.2 Å². The molecule has 0 saturated carbocycles. The first-order chi connectivity index (χ1) is 9.97. The molecule has 0 spiro atoms. The highest BCUT2D eigenvalue weighted by atomic mass is 19.4. The van der Waals surface area contributed by atoms with E-state index in [4.69, 9.17) is 0 Å². The molecule has 3 heteroatoms. The van der Waals surface area contributed by atoms with Crippen molar-refractivity contribution >= 4 is 10.8 Å². The number of alkyl halides is 3. The Balaban J connectivity index is 2.27. The first-order valence-electron chi connectivity index (χ1n) is 6.63. The standard InChI is InChI=1S/C18H13F3/c1-12-5-4-8-16(18(19,20)21)17(12)15-10-9-13-6-2-3-7-14(13)11-15/h2-11H,1H3. The molecule has 3 rings (SSSR count). The third-order valence-corrected chi connectivity index (χ3v) is 3.62. The second-order valence-electron chi connectivity index (χ2n) is 5.06. The maximum atomic E-state index is 13.2. The zero-order valence-electron chi connectivity index (χ0n) is 11.4. The second kappa shape index (κ2) is 4.92. The molecule has 0 saturated heterocycles. The number of rotatable bonds is 1. The lowest BCUT2D eigenvalue weighted by atomic mass is 9.93. The van der Waals surface area contributed by atoms with Crippen LogP contribution in [-0.4, -0.2) is 0 Å². The summed E-state index contributed by atoms with van der Waals surface area (Å²) in [4.78, 5) is 0. The molecule has 0 aliphatic heterocycles. The van der Waals surface area contributed by atoms with Crippen LogP contribution in [0.2, 0.25) is 0 Å². The summed E-state index contributed by atoms with van der Waals surface area (Å²) in [6.07, 6.45) is -4.35. The molecule has 0 unspecified atom stereocenters. The highest BCUT2D eigenvalue weighted by molar-refractivity contribution is 5.88. The Labute approximate surface area is 120 Å². The fourth-order valence-corrected chi connectivity index (χ4v) is 2.63. The van der Waals surface area contributed by atoms with Crippen molar-refractivity contribution in [3.8, 4) is 11.1 Å². The summed E-state index contributed by atoms with van der Waals surface area (Å²) in [7, 11) is 0. The maximum absolute atomic E-state index is 13.2. The lowest BCUT2D eigenvalue weighted by molar-refractivity contribution is -0.137. The Morgan fingerprint density at radius 2 is 1.48 bits per heavy atom. The zero-order chi connectivity index (χ0) is 15.0. The topological polar surface area (TPSA) is 0 Å². The summed E-state index contributed by atoms with van der Waals surface area (Å²) in [5.74, 6) is 0. The summed E-state index contributed by atoms with van der Waals surface area (Å²) < 4.78 is 39.7. The maximum Gasteiger partial charge on any atom is 0.417 e. The SMILES string of the molecule is Cc1cccc(C(F)(F)F)c1-c1ccc2ccccc2c1. The van der Waals surface area contributed by atoms with Crippen molar-refractivity contribution in [1.29, 1.82) is 0 Å². The molecule has 0 heterocycles. The van der Waals surface area contributed by atoms with E-state index in [2.05, 4.69) is 0 Å². The molecule has 0 aliphatic carbocycles. The Kier molecular flexibility index (Phi) is 3.20. The van der Waals surface area contributed by atoms with Gasteiger partial charge in [0.25, 0.3) is 0 Å². The van der Waals surface area contributed by atoms with E-state index in [1.165, 1.54) is 6.07 Å². The van der Waals surface area contributed by atoms with Crippen molar-refractivity contribution in [3.05, 3.63) is 71.8 Å². The first-order valence-corrected chi connectivity index (χ1v) is 6.63. The smallest absolute Gasteiger partial charge is 0.166 e. The molecular weight excluding hydrogens is 273 g/mol. The summed E-state index contributed by atoms with van der Waals surface area (Å²) in [6, 6.07) is 17.4. The lowest BCUT2D eigenvalue weighted by Gasteiger charge is -2.16. The van der Waals surface area contributed by atoms with Crippen LogP contribution < -0.4 is 0 Å². The highest BCUT2D eigenvalue weighted by Crippen LogP contribution is 2.39. The van der Waals surface area contributed by atoms with Gasteiger partial charge in [-0.2, -0.15) is 13.2 Å². The number of hydrogen-bond acceptors (Lipinski definition) is 0. The molecule has 0 radical (unpaired) electrons. The van der Waals surface area contributed by atoms with Gasteiger partial charge in [-0.3, -0.25) is 0 Å². The van der Waals surface area contributed by atoms with Gasteiger partial charge in [0.1, 0.15) is 0 Å². The predicted octanol–water partition coefficient (Wildman–Crippen LogP) is 5.83. The van der Waals surface area contributed by atoms with Gasteiger partial charge in [0.15, 0.2) is 0 Å². The van der Waals surface area contributed by atoms with Crippen LogP contribution in [0.15, 0.2) is 60.7 Å². The lowest BCUT2D eigenvalue weighted by Crippen LogP contribution is -2.08. The summed E-state index contributed by atoms with van der Waals surface area (Å²) >= 11 is 0. The van der Waals surface area contributed by atoms with Gasteiger partial charge < -0.3 is 0 Å². The molecule has 0 N–H and O–H groups in total. The number of hydrogen-bond donors (Lipinski definition) is 0. The van der Waals surface area contributed by atoms with Gasteiger partial charge in [-0.1, -0.05) is 48.5 Å². The van der Waals surface area contributed by atoms with Crippen LogP contribution in [0.4, 0.5) is 13.2 Å². The van der Waals surface area contributed by atoms with Gasteiger partial charge in [0.05, 0.1) is 5.56 Å². The quantitative estimate of drug-likeness (QED) is 0.527. The van der Waals surface area contributed by atoms with E-state index in [0.29, 0.717) is 11.1 Å². The van der Waals surface area contributed by atoms with Crippen molar-refractivity contribution in [2.24, 2.45) is 0 Å². The molecular formula is C18H13F3. The number of benzene rings is 3. The Morgan fingerprint density at radius 3 is 2.19 bits per heavy atom. The van der Waals surface area contributed by atoms with E-state index >= 15 is 0 Å². The molecule has 0 amide bonds. The Hall–Kier alpha value is -2.29. The fraction of sp³-hybridized carbons (Fsp3) is 0.111. The summed E-state index contributed by atoms with van der Waals surface area (Å²) in [5, 5.41) is 1.95. The van der Waals surface area contributed by atoms with E-state index in [9.17, 15) is 13.2 Å². The first kappa shape index (κ1) is 13.7. The van der Waals surface area contributed by atoms with Crippen LogP contribution in [0, 0.1) is 6.92 Å². The van der Waals surface area contributed by atoms with Gasteiger partial charge >= 0.3 is 6.18 Å². The molecule has 106 valence electrons. The number of halogens is 3. The van der Waals surface area contributed by atoms with Crippen molar-refractivity contribution in [3.63, 3.8) is 0 Å². The predicted molar refractivity (Wildman–Crippen MR) is 79.1 cm³/mol. The minimum atomic E-state index is -4.35. The van der Waals surface area contributed by atoms with Crippen molar-refractivity contribution in [1.82, 2.24) is 0 Å². The van der Waals surface area contributed by atoms with Crippen LogP contribution in [0.25, 0.3) is 21.9 Å². The monoisotopic (exact) mass is 286 g/mol. The van der Waals surface area contributed by atoms with Crippen LogP contribution in [0.1, 0.15) is 11.1 Å². The van der Waals surface area contributed by atoms with Crippen LogP contribution in [-0.2, 0) is 6.18 Å². The van der Waals surface area contributed by atoms with Crippen LogP contribution in [0.3, 0.4) is 0 Å². The largest absolute Gasteiger partial charge is 0.417 e. The van der Waals surface area contributed by atoms with Gasteiger partial charge in [0, 0.05) is 0 Å². The summed E-state index contributed by atoms with van der Waals surface area (Å²) in [6.45, 7) is 1.71. The average Bonchev–Trinajstić information content (AvgIpc) is 2.45. The van der Waals surface area contributed by atoms with Gasteiger partial charge in [-0.25, -0.2) is 0 Å². The molecule has 3 aromatic carbocycles. The van der Waals surface area contributed by atoms with Gasteiger partial charge in [0.2, 0.25) is 0 Å². The molecule has 0 bridgehead atoms. The van der Waals surface area contributed by atoms with Gasteiger partial charge in [-0.05, 0) is 46.5 Å². The Morgan fingerprint density at radius 1 is 0.762 bits per heavy atom. The third-order valence-electron chi connectivity index (χ3n) is 3.62. The number of aryl methyl sites for hydroxylation is 1. The minimum Gasteiger partial charge on any atom is -0.166 e. The van der Waals surface area contributed by atoms with Crippen LogP contribution >= 0.6 is 0 Å². The molecule has 0 fully saturated rings. The average molecular weight is 286 g/mol. The van der Waals surface area contributed by atoms with Crippen molar-refractivity contribution in [2.45, 2.75) is 13.1 Å². The molecule has 21 heavy (non-hydrogen) atoms. The molecule has 0 aromatic heterocycles. The molecule has 0 aliphatic rings. The molecule has 0 atom stereocenters. The Bertz CT molecular complexity index is 801.